The van der Waals surface area contributed by atoms with Crippen molar-refractivity contribution in [3.8, 4) is 0 Å². The zero-order chi connectivity index (χ0) is 16.7. The smallest absolute Gasteiger partial charge is 0.191 e. The Morgan fingerprint density at radius 3 is 2.62 bits per heavy atom. The molecule has 6 heteroatoms. The van der Waals surface area contributed by atoms with Crippen molar-refractivity contribution in [1.29, 1.82) is 0 Å². The van der Waals surface area contributed by atoms with E-state index in [9.17, 15) is 4.39 Å². The quantitative estimate of drug-likeness (QED) is 0.424. The molecule has 130 valence electrons. The van der Waals surface area contributed by atoms with Crippen LogP contribution in [0.3, 0.4) is 0 Å². The Morgan fingerprint density at radius 2 is 1.96 bits per heavy atom. The van der Waals surface area contributed by atoms with Crippen LogP contribution in [0.1, 0.15) is 22.4 Å². The number of pyridine rings is 1. The van der Waals surface area contributed by atoms with Crippen LogP contribution in [0, 0.1) is 19.7 Å². The van der Waals surface area contributed by atoms with Crippen molar-refractivity contribution in [2.24, 2.45) is 4.99 Å². The molecule has 2 aromatic rings. The number of nitrogens with zero attached hydrogens (tertiary/aromatic N) is 2. The zero-order valence-electron chi connectivity index (χ0n) is 14.3. The van der Waals surface area contributed by atoms with Crippen LogP contribution in [0.2, 0.25) is 0 Å². The Hall–Kier alpha value is -1.70. The summed E-state index contributed by atoms with van der Waals surface area (Å²) in [5.41, 5.74) is 4.26. The molecule has 2 N–H and O–H groups in total. The molecule has 1 aromatic carbocycles. The molecule has 0 atom stereocenters. The lowest BCUT2D eigenvalue weighted by atomic mass is 10.1. The minimum absolute atomic E-state index is 0. The molecule has 4 nitrogen and oxygen atoms in total. The van der Waals surface area contributed by atoms with E-state index in [4.69, 9.17) is 0 Å². The van der Waals surface area contributed by atoms with Crippen LogP contribution in [0.4, 0.5) is 4.39 Å². The van der Waals surface area contributed by atoms with E-state index in [1.165, 1.54) is 6.07 Å². The highest BCUT2D eigenvalue weighted by Gasteiger charge is 2.03. The summed E-state index contributed by atoms with van der Waals surface area (Å²) in [6, 6.07) is 8.86. The van der Waals surface area contributed by atoms with Crippen LogP contribution in [-0.4, -0.2) is 24.5 Å². The average Bonchev–Trinajstić information content (AvgIpc) is 2.54. The van der Waals surface area contributed by atoms with Crippen molar-refractivity contribution >= 4 is 29.9 Å². The van der Waals surface area contributed by atoms with Gasteiger partial charge in [0.25, 0.3) is 0 Å². The van der Waals surface area contributed by atoms with E-state index in [1.807, 2.05) is 32.0 Å². The lowest BCUT2D eigenvalue weighted by Gasteiger charge is -2.13. The molecular weight excluding hydrogens is 418 g/mol. The van der Waals surface area contributed by atoms with Gasteiger partial charge >= 0.3 is 0 Å². The fourth-order valence-electron chi connectivity index (χ4n) is 2.35. The average molecular weight is 442 g/mol. The van der Waals surface area contributed by atoms with Gasteiger partial charge in [-0.2, -0.15) is 0 Å². The van der Waals surface area contributed by atoms with E-state index in [2.05, 4.69) is 20.6 Å². The third-order valence-electron chi connectivity index (χ3n) is 3.76. The molecule has 0 radical (unpaired) electrons. The SMILES string of the molecule is CN=C(NCCc1ccc(F)cc1C)NCc1ncccc1C.I. The number of hydrogen-bond donors (Lipinski definition) is 2. The number of halogens is 2. The number of aromatic nitrogens is 1. The molecule has 0 spiro atoms. The normalized spacial score (nSPS) is 10.9. The predicted molar refractivity (Wildman–Crippen MR) is 107 cm³/mol. The number of aryl methyl sites for hydroxylation is 2. The van der Waals surface area contributed by atoms with Gasteiger partial charge < -0.3 is 10.6 Å². The van der Waals surface area contributed by atoms with Gasteiger partial charge in [0, 0.05) is 19.8 Å². The molecule has 24 heavy (non-hydrogen) atoms. The van der Waals surface area contributed by atoms with Crippen molar-refractivity contribution in [2.75, 3.05) is 13.6 Å². The van der Waals surface area contributed by atoms with E-state index in [1.54, 1.807) is 19.3 Å². The standard InChI is InChI=1S/C18H23FN4.HI/c1-13-5-4-9-21-17(13)12-23-18(20-3)22-10-8-15-6-7-16(19)11-14(15)2;/h4-7,9,11H,8,10,12H2,1-3H3,(H2,20,22,23);1H. The van der Waals surface area contributed by atoms with Gasteiger partial charge in [0.2, 0.25) is 0 Å². The topological polar surface area (TPSA) is 49.3 Å². The monoisotopic (exact) mass is 442 g/mol. The van der Waals surface area contributed by atoms with Gasteiger partial charge in [-0.15, -0.1) is 24.0 Å². The van der Waals surface area contributed by atoms with Crippen molar-refractivity contribution in [3.63, 3.8) is 0 Å². The maximum absolute atomic E-state index is 13.1. The molecule has 0 amide bonds. The van der Waals surface area contributed by atoms with Crippen molar-refractivity contribution in [2.45, 2.75) is 26.8 Å². The first-order chi connectivity index (χ1) is 11.1. The molecule has 0 saturated carbocycles. The fraction of sp³-hybridized carbons (Fsp3) is 0.333. The van der Waals surface area contributed by atoms with E-state index in [0.717, 1.165) is 41.3 Å². The Bertz CT molecular complexity index is 688. The zero-order valence-corrected chi connectivity index (χ0v) is 16.6. The second-order valence-electron chi connectivity index (χ2n) is 5.44. The van der Waals surface area contributed by atoms with Crippen molar-refractivity contribution in [1.82, 2.24) is 15.6 Å². The van der Waals surface area contributed by atoms with Crippen LogP contribution in [0.25, 0.3) is 0 Å². The molecule has 0 fully saturated rings. The van der Waals surface area contributed by atoms with Crippen LogP contribution < -0.4 is 10.6 Å². The minimum Gasteiger partial charge on any atom is -0.356 e. The predicted octanol–water partition coefficient (Wildman–Crippen LogP) is 3.36. The van der Waals surface area contributed by atoms with Gasteiger partial charge in [-0.3, -0.25) is 9.98 Å². The highest BCUT2D eigenvalue weighted by Crippen LogP contribution is 2.10. The third-order valence-corrected chi connectivity index (χ3v) is 3.76. The van der Waals surface area contributed by atoms with Gasteiger partial charge in [0.05, 0.1) is 12.2 Å². The molecule has 0 aliphatic rings. The van der Waals surface area contributed by atoms with Gasteiger partial charge in [-0.25, -0.2) is 4.39 Å². The Labute approximate surface area is 160 Å². The van der Waals surface area contributed by atoms with Crippen LogP contribution in [0.15, 0.2) is 41.5 Å². The van der Waals surface area contributed by atoms with Gasteiger partial charge in [0.15, 0.2) is 5.96 Å². The Morgan fingerprint density at radius 1 is 1.17 bits per heavy atom. The molecule has 0 aliphatic heterocycles. The first-order valence-electron chi connectivity index (χ1n) is 7.70. The van der Waals surface area contributed by atoms with Crippen LogP contribution in [0.5, 0.6) is 0 Å². The molecule has 1 aromatic heterocycles. The summed E-state index contributed by atoms with van der Waals surface area (Å²) in [4.78, 5) is 8.56. The molecule has 1 heterocycles. The van der Waals surface area contributed by atoms with Gasteiger partial charge in [-0.1, -0.05) is 12.1 Å². The van der Waals surface area contributed by atoms with E-state index in [0.29, 0.717) is 6.54 Å². The van der Waals surface area contributed by atoms with E-state index >= 15 is 0 Å². The van der Waals surface area contributed by atoms with E-state index < -0.39 is 0 Å². The van der Waals surface area contributed by atoms with E-state index in [-0.39, 0.29) is 29.8 Å². The second kappa shape index (κ2) is 10.2. The fourth-order valence-corrected chi connectivity index (χ4v) is 2.35. The highest BCUT2D eigenvalue weighted by atomic mass is 127. The summed E-state index contributed by atoms with van der Waals surface area (Å²) < 4.78 is 13.1. The minimum atomic E-state index is -0.192. The number of hydrogen-bond acceptors (Lipinski definition) is 2. The number of nitrogens with one attached hydrogen (secondary N) is 2. The van der Waals surface area contributed by atoms with Gasteiger partial charge in [-0.05, 0) is 55.2 Å². The third kappa shape index (κ3) is 6.07. The van der Waals surface area contributed by atoms with Crippen LogP contribution >= 0.6 is 24.0 Å². The summed E-state index contributed by atoms with van der Waals surface area (Å²) >= 11 is 0. The molecule has 2 rings (SSSR count). The summed E-state index contributed by atoms with van der Waals surface area (Å²) in [5, 5.41) is 6.52. The number of aliphatic imine (C=N–C) groups is 1. The maximum atomic E-state index is 13.1. The molecule has 0 saturated heterocycles. The maximum Gasteiger partial charge on any atom is 0.191 e. The Balaban J connectivity index is 0.00000288. The number of guanidine groups is 1. The molecule has 0 aliphatic carbocycles. The summed E-state index contributed by atoms with van der Waals surface area (Å²) in [6.45, 7) is 5.32. The molecule has 0 bridgehead atoms. The second-order valence-corrected chi connectivity index (χ2v) is 5.44. The summed E-state index contributed by atoms with van der Waals surface area (Å²) in [5.74, 6) is 0.539. The Kier molecular flexibility index (Phi) is 8.67. The lowest BCUT2D eigenvalue weighted by Crippen LogP contribution is -2.38. The lowest BCUT2D eigenvalue weighted by molar-refractivity contribution is 0.625. The first kappa shape index (κ1) is 20.3. The molecular formula is C18H24FIN4. The van der Waals surface area contributed by atoms with Crippen molar-refractivity contribution < 1.29 is 4.39 Å². The molecule has 0 unspecified atom stereocenters. The first-order valence-corrected chi connectivity index (χ1v) is 7.70. The van der Waals surface area contributed by atoms with Gasteiger partial charge in [0.1, 0.15) is 5.82 Å². The number of benzene rings is 1. The van der Waals surface area contributed by atoms with Crippen LogP contribution in [-0.2, 0) is 13.0 Å². The summed E-state index contributed by atoms with van der Waals surface area (Å²) in [6.07, 6.45) is 2.60. The summed E-state index contributed by atoms with van der Waals surface area (Å²) in [7, 11) is 1.74. The number of rotatable bonds is 5. The van der Waals surface area contributed by atoms with Crippen molar-refractivity contribution in [3.05, 3.63) is 64.7 Å². The largest absolute Gasteiger partial charge is 0.356 e. The highest BCUT2D eigenvalue weighted by molar-refractivity contribution is 14.0.